The Kier molecular flexibility index (Phi) is 8.36. The molecule has 5 rings (SSSR count). The van der Waals surface area contributed by atoms with E-state index >= 15 is 0 Å². The number of rotatable bonds is 9. The van der Waals surface area contributed by atoms with Gasteiger partial charge in [0.2, 0.25) is 17.4 Å². The lowest BCUT2D eigenvalue weighted by Crippen LogP contribution is -2.59. The van der Waals surface area contributed by atoms with Crippen LogP contribution < -0.4 is 20.1 Å². The molecule has 2 fully saturated rings. The van der Waals surface area contributed by atoms with Gasteiger partial charge in [0.05, 0.1) is 12.6 Å². The summed E-state index contributed by atoms with van der Waals surface area (Å²) in [7, 11) is 1.25. The number of hydrogen-bond donors (Lipinski definition) is 2. The van der Waals surface area contributed by atoms with E-state index in [-0.39, 0.29) is 42.6 Å². The van der Waals surface area contributed by atoms with Crippen molar-refractivity contribution in [3.05, 3.63) is 48.7 Å². The van der Waals surface area contributed by atoms with E-state index in [4.69, 9.17) is 9.47 Å². The van der Waals surface area contributed by atoms with Crippen LogP contribution in [0.1, 0.15) is 25.7 Å². The number of halogens is 3. The third-order valence-electron chi connectivity index (χ3n) is 7.85. The van der Waals surface area contributed by atoms with Crippen molar-refractivity contribution in [2.24, 2.45) is 5.92 Å². The van der Waals surface area contributed by atoms with E-state index < -0.39 is 60.1 Å². The number of para-hydroxylation sites is 1. The number of amides is 4. The molecule has 4 unspecified atom stereocenters. The first kappa shape index (κ1) is 30.6. The molecule has 12 nitrogen and oxygen atoms in total. The first-order valence-corrected chi connectivity index (χ1v) is 13.9. The zero-order valence-electron chi connectivity index (χ0n) is 23.5. The number of carbonyl (C=O) groups is 4. The van der Waals surface area contributed by atoms with Crippen molar-refractivity contribution < 1.29 is 41.8 Å². The number of benzene rings is 1. The van der Waals surface area contributed by atoms with Gasteiger partial charge in [0, 0.05) is 19.7 Å². The number of pyridine rings is 1. The highest BCUT2D eigenvalue weighted by molar-refractivity contribution is 6.01. The van der Waals surface area contributed by atoms with E-state index in [9.17, 15) is 37.6 Å². The molecule has 2 aliphatic heterocycles. The highest BCUT2D eigenvalue weighted by Crippen LogP contribution is 2.40. The van der Waals surface area contributed by atoms with Gasteiger partial charge in [-0.1, -0.05) is 31.0 Å². The van der Waals surface area contributed by atoms with Crippen LogP contribution >= 0.6 is 0 Å². The molecule has 3 heterocycles. The van der Waals surface area contributed by atoms with E-state index in [0.717, 1.165) is 17.7 Å². The molecule has 1 aromatic heterocycles. The molecule has 15 heteroatoms. The van der Waals surface area contributed by atoms with Gasteiger partial charge in [-0.2, -0.15) is 18.4 Å². The summed E-state index contributed by atoms with van der Waals surface area (Å²) in [5.74, 6) is -3.82. The molecule has 3 aliphatic rings. The maximum Gasteiger partial charge on any atom is 0.471 e. The summed E-state index contributed by atoms with van der Waals surface area (Å²) in [4.78, 5) is 58.9. The second kappa shape index (κ2) is 12.0. The normalized spacial score (nSPS) is 22.1. The predicted molar refractivity (Wildman–Crippen MR) is 146 cm³/mol. The van der Waals surface area contributed by atoms with Crippen LogP contribution in [0.15, 0.2) is 48.7 Å². The van der Waals surface area contributed by atoms with Crippen LogP contribution in [0.4, 0.5) is 19.0 Å². The second-order valence-corrected chi connectivity index (χ2v) is 11.0. The summed E-state index contributed by atoms with van der Waals surface area (Å²) in [5, 5.41) is 14.3. The van der Waals surface area contributed by atoms with Crippen LogP contribution in [-0.4, -0.2) is 88.5 Å². The molecule has 1 aliphatic carbocycles. The van der Waals surface area contributed by atoms with Gasteiger partial charge in [-0.05, 0) is 36.6 Å². The molecule has 232 valence electrons. The molecular weight excluding hydrogens is 585 g/mol. The molecule has 1 saturated carbocycles. The molecule has 2 N–H and O–H groups in total. The van der Waals surface area contributed by atoms with Gasteiger partial charge in [-0.25, -0.2) is 4.98 Å². The Morgan fingerprint density at radius 3 is 2.64 bits per heavy atom. The van der Waals surface area contributed by atoms with Crippen LogP contribution in [0.25, 0.3) is 0 Å². The van der Waals surface area contributed by atoms with Gasteiger partial charge in [-0.3, -0.25) is 19.2 Å². The first-order chi connectivity index (χ1) is 20.9. The van der Waals surface area contributed by atoms with Crippen LogP contribution in [0, 0.1) is 17.2 Å². The maximum atomic E-state index is 14.1. The van der Waals surface area contributed by atoms with Crippen molar-refractivity contribution in [2.75, 3.05) is 25.5 Å². The largest absolute Gasteiger partial charge is 0.491 e. The third kappa shape index (κ3) is 6.38. The van der Waals surface area contributed by atoms with E-state index in [0.29, 0.717) is 0 Å². The number of fused-ring (bicyclic) bond motifs is 1. The number of ether oxygens (including phenoxy) is 2. The zero-order chi connectivity index (χ0) is 31.6. The Hall–Kier alpha value is -4.87. The third-order valence-corrected chi connectivity index (χ3v) is 7.85. The zero-order valence-corrected chi connectivity index (χ0v) is 23.5. The Bertz CT molecular complexity index is 1480. The first-order valence-electron chi connectivity index (χ1n) is 13.9. The van der Waals surface area contributed by atoms with E-state index in [1.54, 1.807) is 35.6 Å². The van der Waals surface area contributed by atoms with Gasteiger partial charge < -0.3 is 29.9 Å². The van der Waals surface area contributed by atoms with Gasteiger partial charge in [-0.15, -0.1) is 0 Å². The minimum Gasteiger partial charge on any atom is -0.491 e. The van der Waals surface area contributed by atoms with Crippen LogP contribution in [0.3, 0.4) is 0 Å². The van der Waals surface area contributed by atoms with Gasteiger partial charge in [0.25, 0.3) is 5.91 Å². The number of nitrogens with one attached hydrogen (secondary N) is 2. The lowest BCUT2D eigenvalue weighted by atomic mass is 9.97. The second-order valence-electron chi connectivity index (χ2n) is 11.0. The van der Waals surface area contributed by atoms with Crippen LogP contribution in [-0.2, 0) is 19.2 Å². The quantitative estimate of drug-likeness (QED) is 0.435. The highest BCUT2D eigenvalue weighted by Gasteiger charge is 2.57. The number of aromatic nitrogens is 1. The molecule has 1 spiro atoms. The molecule has 1 aromatic carbocycles. The number of anilines is 1. The highest BCUT2D eigenvalue weighted by atomic mass is 19.4. The number of nitriles is 1. The molecule has 44 heavy (non-hydrogen) atoms. The van der Waals surface area contributed by atoms with Crippen molar-refractivity contribution in [1.29, 1.82) is 5.26 Å². The van der Waals surface area contributed by atoms with Crippen molar-refractivity contribution in [2.45, 2.75) is 55.6 Å². The minimum atomic E-state index is -5.27. The van der Waals surface area contributed by atoms with Crippen LogP contribution in [0.5, 0.6) is 11.5 Å². The van der Waals surface area contributed by atoms with Crippen molar-refractivity contribution in [3.63, 3.8) is 0 Å². The molecule has 2 aromatic rings. The lowest BCUT2D eigenvalue weighted by Gasteiger charge is -2.35. The molecular formula is C29H29F3N6O6. The van der Waals surface area contributed by atoms with Crippen LogP contribution in [0.2, 0.25) is 0 Å². The number of carbonyl (C=O) groups excluding carboxylic acids is 4. The number of likely N-dealkylation sites (tertiary alicyclic amines) is 1. The Balaban J connectivity index is 1.38. The van der Waals surface area contributed by atoms with E-state index in [1.165, 1.54) is 30.3 Å². The number of hydrogen-bond acceptors (Lipinski definition) is 8. The Labute approximate surface area is 250 Å². The monoisotopic (exact) mass is 614 g/mol. The number of nitrogens with zero attached hydrogens (tertiary/aromatic N) is 4. The summed E-state index contributed by atoms with van der Waals surface area (Å²) in [6.07, 6.45) is -2.24. The summed E-state index contributed by atoms with van der Waals surface area (Å²) in [6, 6.07) is 9.11. The van der Waals surface area contributed by atoms with Crippen molar-refractivity contribution in [3.8, 4) is 17.6 Å². The lowest BCUT2D eigenvalue weighted by molar-refractivity contribution is -0.175. The van der Waals surface area contributed by atoms with Crippen molar-refractivity contribution in [1.82, 2.24) is 20.1 Å². The van der Waals surface area contributed by atoms with Gasteiger partial charge >= 0.3 is 12.1 Å². The van der Waals surface area contributed by atoms with Gasteiger partial charge in [0.1, 0.15) is 30.5 Å². The van der Waals surface area contributed by atoms with Gasteiger partial charge in [0.15, 0.2) is 11.6 Å². The minimum absolute atomic E-state index is 0.0623. The molecule has 0 bridgehead atoms. The summed E-state index contributed by atoms with van der Waals surface area (Å²) in [5.41, 5.74) is -1.59. The fourth-order valence-corrected chi connectivity index (χ4v) is 5.30. The maximum absolute atomic E-state index is 14.1. The topological polar surface area (TPSA) is 154 Å². The average molecular weight is 615 g/mol. The summed E-state index contributed by atoms with van der Waals surface area (Å²) >= 11 is 0. The Morgan fingerprint density at radius 1 is 1.25 bits per heavy atom. The SMILES string of the molecule is CN(C(=O)C(COc1ccccc1)NC(=O)C(F)(F)F)C(CC1CC1)C(=O)N1CC2(CC1C#N)Oc1cccnc1NC2=O. The number of alkyl halides is 3. The average Bonchev–Trinajstić information content (AvgIpc) is 3.76. The standard InChI is InChI=1S/C29H29F3N6O6/c1-37(24(39)20(35-27(42)29(30,31)32)15-43-19-6-3-2-4-7-19)21(12-17-9-10-17)25(40)38-16-28(13-18(38)14-33)26(41)36-23-22(44-28)8-5-11-34-23/h2-8,11,17-18,20-21H,9-10,12-13,15-16H2,1H3,(H,35,42)(H,34,36,41). The fraction of sp³-hybridized carbons (Fsp3) is 0.448. The van der Waals surface area contributed by atoms with E-state index in [2.05, 4.69) is 10.3 Å². The van der Waals surface area contributed by atoms with E-state index in [1.807, 2.05) is 6.07 Å². The fourth-order valence-electron chi connectivity index (χ4n) is 5.30. The Morgan fingerprint density at radius 2 is 1.98 bits per heavy atom. The smallest absolute Gasteiger partial charge is 0.471 e. The summed E-state index contributed by atoms with van der Waals surface area (Å²) < 4.78 is 51.0. The summed E-state index contributed by atoms with van der Waals surface area (Å²) in [6.45, 7) is -0.951. The molecule has 4 amide bonds. The molecule has 4 atom stereocenters. The predicted octanol–water partition coefficient (Wildman–Crippen LogP) is 2.03. The van der Waals surface area contributed by atoms with Crippen molar-refractivity contribution >= 4 is 29.4 Å². The molecule has 0 radical (unpaired) electrons. The number of likely N-dealkylation sites (N-methyl/N-ethyl adjacent to an activating group) is 1. The molecule has 1 saturated heterocycles.